The summed E-state index contributed by atoms with van der Waals surface area (Å²) in [6.45, 7) is 4.47. The van der Waals surface area contributed by atoms with Gasteiger partial charge >= 0.3 is 0 Å². The van der Waals surface area contributed by atoms with Crippen molar-refractivity contribution in [1.82, 2.24) is 14.8 Å². The van der Waals surface area contributed by atoms with Gasteiger partial charge in [0.1, 0.15) is 5.82 Å². The van der Waals surface area contributed by atoms with E-state index in [0.717, 1.165) is 38.9 Å². The van der Waals surface area contributed by atoms with Crippen LogP contribution in [0.1, 0.15) is 11.4 Å². The molecule has 3 aromatic carbocycles. The number of rotatable bonds is 10. The fourth-order valence-corrected chi connectivity index (χ4v) is 5.02. The molecular weight excluding hydrogens is 436 g/mol. The summed E-state index contributed by atoms with van der Waals surface area (Å²) in [4.78, 5) is 12.6. The van der Waals surface area contributed by atoms with Crippen LogP contribution in [0, 0.1) is 0 Å². The molecule has 0 saturated heterocycles. The van der Waals surface area contributed by atoms with Crippen LogP contribution in [0.2, 0.25) is 0 Å². The lowest BCUT2D eigenvalue weighted by atomic mass is 10.1. The number of anilines is 1. The maximum Gasteiger partial charge on any atom is 0.234 e. The largest absolute Gasteiger partial charge is 0.325 e. The van der Waals surface area contributed by atoms with Gasteiger partial charge in [-0.1, -0.05) is 84.6 Å². The van der Waals surface area contributed by atoms with Gasteiger partial charge in [-0.25, -0.2) is 0 Å². The molecule has 0 spiro atoms. The minimum absolute atomic E-state index is 0.0699. The summed E-state index contributed by atoms with van der Waals surface area (Å²) in [5.74, 6) is 2.74. The van der Waals surface area contributed by atoms with E-state index in [9.17, 15) is 4.79 Å². The Labute approximate surface area is 196 Å². The molecule has 0 aliphatic heterocycles. The molecule has 1 heterocycles. The molecule has 0 unspecified atom stereocenters. The molecule has 0 radical (unpaired) electrons. The first-order valence-corrected chi connectivity index (χ1v) is 12.4. The Morgan fingerprint density at radius 2 is 1.75 bits per heavy atom. The predicted octanol–water partition coefficient (Wildman–Crippen LogP) is 5.78. The lowest BCUT2D eigenvalue weighted by Crippen LogP contribution is -2.15. The summed E-state index contributed by atoms with van der Waals surface area (Å²) >= 11 is 3.18. The summed E-state index contributed by atoms with van der Waals surface area (Å²) in [5.41, 5.74) is 2.10. The third kappa shape index (κ3) is 5.60. The number of carbonyl (C=O) groups excluding carboxylic acids is 1. The normalized spacial score (nSPS) is 10.9. The number of hydrogen-bond donors (Lipinski definition) is 1. The molecule has 0 aliphatic rings. The van der Waals surface area contributed by atoms with E-state index in [4.69, 9.17) is 0 Å². The lowest BCUT2D eigenvalue weighted by Gasteiger charge is -2.10. The highest BCUT2D eigenvalue weighted by molar-refractivity contribution is 7.99. The number of nitrogens with zero attached hydrogens (tertiary/aromatic N) is 3. The first kappa shape index (κ1) is 22.2. The highest BCUT2D eigenvalue weighted by atomic mass is 32.2. The molecule has 1 N–H and O–H groups in total. The Kier molecular flexibility index (Phi) is 7.64. The molecule has 0 bridgehead atoms. The third-order valence-electron chi connectivity index (χ3n) is 4.84. The van der Waals surface area contributed by atoms with Crippen molar-refractivity contribution in [3.05, 3.63) is 96.8 Å². The van der Waals surface area contributed by atoms with Gasteiger partial charge < -0.3 is 9.88 Å². The topological polar surface area (TPSA) is 59.8 Å². The van der Waals surface area contributed by atoms with Gasteiger partial charge in [-0.2, -0.15) is 0 Å². The van der Waals surface area contributed by atoms with Crippen molar-refractivity contribution >= 4 is 45.9 Å². The molecule has 0 saturated carbocycles. The van der Waals surface area contributed by atoms with E-state index >= 15 is 0 Å². The zero-order chi connectivity index (χ0) is 22.2. The molecule has 1 aromatic heterocycles. The maximum atomic E-state index is 12.6. The van der Waals surface area contributed by atoms with Crippen molar-refractivity contribution in [2.24, 2.45) is 0 Å². The van der Waals surface area contributed by atoms with E-state index in [-0.39, 0.29) is 11.7 Å². The molecule has 4 aromatic rings. The number of fused-ring (bicyclic) bond motifs is 1. The molecule has 0 aliphatic carbocycles. The van der Waals surface area contributed by atoms with Crippen LogP contribution in [0.5, 0.6) is 0 Å². The second kappa shape index (κ2) is 11.0. The van der Waals surface area contributed by atoms with E-state index in [1.165, 1.54) is 17.3 Å². The molecular formula is C25H24N4OS2. The Morgan fingerprint density at radius 1 is 0.969 bits per heavy atom. The minimum atomic E-state index is -0.0699. The molecule has 7 heteroatoms. The van der Waals surface area contributed by atoms with Crippen molar-refractivity contribution in [2.75, 3.05) is 11.1 Å². The predicted molar refractivity (Wildman–Crippen MR) is 135 cm³/mol. The summed E-state index contributed by atoms with van der Waals surface area (Å²) in [6, 6.07) is 24.3. The van der Waals surface area contributed by atoms with Gasteiger partial charge in [0.2, 0.25) is 5.91 Å². The van der Waals surface area contributed by atoms with Gasteiger partial charge in [-0.3, -0.25) is 4.79 Å². The van der Waals surface area contributed by atoms with Crippen LogP contribution in [-0.4, -0.2) is 26.4 Å². The monoisotopic (exact) mass is 460 g/mol. The molecule has 4 rings (SSSR count). The Balaban J connectivity index is 1.37. The van der Waals surface area contributed by atoms with Crippen molar-refractivity contribution < 1.29 is 4.79 Å². The summed E-state index contributed by atoms with van der Waals surface area (Å²) in [7, 11) is 0. The van der Waals surface area contributed by atoms with Gasteiger partial charge in [0.25, 0.3) is 0 Å². The zero-order valence-corrected chi connectivity index (χ0v) is 19.2. The second-order valence-corrected chi connectivity index (χ2v) is 9.07. The fraction of sp³-hybridized carbons (Fsp3) is 0.160. The lowest BCUT2D eigenvalue weighted by molar-refractivity contribution is -0.113. The maximum absolute atomic E-state index is 12.6. The first-order chi connectivity index (χ1) is 15.7. The third-order valence-corrected chi connectivity index (χ3v) is 6.81. The highest BCUT2D eigenvalue weighted by Crippen LogP contribution is 2.25. The van der Waals surface area contributed by atoms with Gasteiger partial charge in [0.15, 0.2) is 5.16 Å². The van der Waals surface area contributed by atoms with Gasteiger partial charge in [0.05, 0.1) is 11.5 Å². The van der Waals surface area contributed by atoms with Crippen LogP contribution < -0.4 is 5.32 Å². The van der Waals surface area contributed by atoms with Gasteiger partial charge in [0, 0.05) is 23.4 Å². The highest BCUT2D eigenvalue weighted by Gasteiger charge is 2.14. The van der Waals surface area contributed by atoms with Crippen LogP contribution in [0.15, 0.2) is 90.6 Å². The van der Waals surface area contributed by atoms with Crippen molar-refractivity contribution in [2.45, 2.75) is 23.2 Å². The van der Waals surface area contributed by atoms with E-state index < -0.39 is 0 Å². The van der Waals surface area contributed by atoms with Crippen LogP contribution in [0.3, 0.4) is 0 Å². The van der Waals surface area contributed by atoms with Crippen molar-refractivity contribution in [3.63, 3.8) is 0 Å². The van der Waals surface area contributed by atoms with E-state index in [1.54, 1.807) is 11.8 Å². The molecule has 5 nitrogen and oxygen atoms in total. The number of hydrogen-bond acceptors (Lipinski definition) is 5. The zero-order valence-electron chi connectivity index (χ0n) is 17.6. The molecule has 0 fully saturated rings. The second-order valence-electron chi connectivity index (χ2n) is 7.14. The quantitative estimate of drug-likeness (QED) is 0.240. The smallest absolute Gasteiger partial charge is 0.234 e. The molecule has 162 valence electrons. The summed E-state index contributed by atoms with van der Waals surface area (Å²) < 4.78 is 2.03. The van der Waals surface area contributed by atoms with E-state index in [2.05, 4.69) is 34.2 Å². The number of carbonyl (C=O) groups is 1. The van der Waals surface area contributed by atoms with Crippen molar-refractivity contribution in [1.29, 1.82) is 0 Å². The average molecular weight is 461 g/mol. The molecule has 0 atom stereocenters. The Bertz CT molecular complexity index is 1200. The van der Waals surface area contributed by atoms with E-state index in [0.29, 0.717) is 6.54 Å². The molecule has 32 heavy (non-hydrogen) atoms. The van der Waals surface area contributed by atoms with E-state index in [1.807, 2.05) is 71.3 Å². The number of aromatic nitrogens is 3. The van der Waals surface area contributed by atoms with Crippen molar-refractivity contribution in [3.8, 4) is 0 Å². The number of benzene rings is 3. The number of nitrogens with one attached hydrogen (secondary N) is 1. The van der Waals surface area contributed by atoms with Gasteiger partial charge in [-0.15, -0.1) is 28.5 Å². The van der Waals surface area contributed by atoms with Crippen LogP contribution in [0.4, 0.5) is 5.69 Å². The summed E-state index contributed by atoms with van der Waals surface area (Å²) in [6.07, 6.45) is 1.83. The fourth-order valence-electron chi connectivity index (χ4n) is 3.33. The van der Waals surface area contributed by atoms with Crippen LogP contribution >= 0.6 is 23.5 Å². The number of allylic oxidation sites excluding steroid dienone is 1. The average Bonchev–Trinajstić information content (AvgIpc) is 3.20. The van der Waals surface area contributed by atoms with Gasteiger partial charge in [-0.05, 0) is 17.0 Å². The van der Waals surface area contributed by atoms with Crippen LogP contribution in [0.25, 0.3) is 10.8 Å². The standard InChI is InChI=1S/C25H24N4OS2/c1-2-15-29-23(17-31-16-19-9-4-3-5-10-19)27-28-25(29)32-18-24(30)26-22-14-8-12-20-11-6-7-13-21(20)22/h2-14H,1,15-18H2,(H,26,30). The SMILES string of the molecule is C=CCn1c(CSCc2ccccc2)nnc1SCC(=O)Nc1cccc2ccccc12. The Morgan fingerprint density at radius 3 is 2.59 bits per heavy atom. The van der Waals surface area contributed by atoms with Crippen LogP contribution in [-0.2, 0) is 22.8 Å². The molecule has 1 amide bonds. The minimum Gasteiger partial charge on any atom is -0.325 e. The first-order valence-electron chi connectivity index (χ1n) is 10.3. The number of thioether (sulfide) groups is 2. The number of amides is 1. The summed E-state index contributed by atoms with van der Waals surface area (Å²) in [5, 5.41) is 14.6. The Hall–Kier alpha value is -3.03.